The predicted octanol–water partition coefficient (Wildman–Crippen LogP) is 4.39. The van der Waals surface area contributed by atoms with Crippen molar-refractivity contribution < 1.29 is 30.7 Å². The molecule has 2 aromatic rings. The normalized spacial score (nSPS) is 12.2. The topological polar surface area (TPSA) is 70.8 Å². The number of hydrogen-bond donors (Lipinski definition) is 2. The van der Waals surface area contributed by atoms with Crippen LogP contribution in [-0.4, -0.2) is 34.7 Å². The number of aromatic nitrogens is 2. The Bertz CT molecular complexity index is 999. The lowest BCUT2D eigenvalue weighted by atomic mass is 10.2. The van der Waals surface area contributed by atoms with Crippen molar-refractivity contribution >= 4 is 23.8 Å². The molecule has 1 aromatic heterocycles. The van der Waals surface area contributed by atoms with Gasteiger partial charge in [0.25, 0.3) is 5.56 Å². The Morgan fingerprint density at radius 3 is 2.34 bits per heavy atom. The van der Waals surface area contributed by atoms with E-state index in [4.69, 9.17) is 5.41 Å². The van der Waals surface area contributed by atoms with Gasteiger partial charge in [0.05, 0.1) is 11.4 Å². The van der Waals surface area contributed by atoms with Crippen molar-refractivity contribution in [3.8, 4) is 5.69 Å². The minimum absolute atomic E-state index is 0.0502. The van der Waals surface area contributed by atoms with Crippen molar-refractivity contribution in [2.75, 3.05) is 18.1 Å². The van der Waals surface area contributed by atoms with Crippen LogP contribution in [0.25, 0.3) is 5.69 Å². The molecule has 0 aliphatic carbocycles. The predicted molar refractivity (Wildman–Crippen MR) is 93.7 cm³/mol. The highest BCUT2D eigenvalue weighted by Crippen LogP contribution is 2.34. The van der Waals surface area contributed by atoms with Gasteiger partial charge in [-0.25, -0.2) is 9.37 Å². The molecule has 0 unspecified atom stereocenters. The SMILES string of the molecule is CNc1nc(C(F)(F)F)n(-c2cc(SCC(F)(F)F)c(C)cc2F)c(=O)c1C=N. The van der Waals surface area contributed by atoms with Crippen LogP contribution < -0.4 is 10.9 Å². The van der Waals surface area contributed by atoms with Crippen molar-refractivity contribution in [3.63, 3.8) is 0 Å². The number of halogens is 7. The maximum Gasteiger partial charge on any atom is 0.450 e. The van der Waals surface area contributed by atoms with Crippen LogP contribution >= 0.6 is 11.8 Å². The van der Waals surface area contributed by atoms with Crippen molar-refractivity contribution in [1.82, 2.24) is 9.55 Å². The van der Waals surface area contributed by atoms with Crippen molar-refractivity contribution in [1.29, 1.82) is 5.41 Å². The first kappa shape index (κ1) is 22.7. The van der Waals surface area contributed by atoms with Gasteiger partial charge in [0, 0.05) is 18.2 Å². The molecule has 0 saturated carbocycles. The van der Waals surface area contributed by atoms with E-state index in [9.17, 15) is 35.5 Å². The summed E-state index contributed by atoms with van der Waals surface area (Å²) in [6.07, 6.45) is -9.31. The fourth-order valence-corrected chi connectivity index (χ4v) is 3.20. The molecule has 0 aliphatic heterocycles. The molecule has 0 spiro atoms. The van der Waals surface area contributed by atoms with Crippen LogP contribution in [0.4, 0.5) is 36.6 Å². The number of aryl methyl sites for hydroxylation is 1. The highest BCUT2D eigenvalue weighted by molar-refractivity contribution is 7.99. The lowest BCUT2D eigenvalue weighted by Gasteiger charge is -2.19. The number of benzene rings is 1. The first-order chi connectivity index (χ1) is 13.3. The number of rotatable bonds is 5. The lowest BCUT2D eigenvalue weighted by Crippen LogP contribution is -2.32. The van der Waals surface area contributed by atoms with Gasteiger partial charge in [-0.1, -0.05) is 0 Å². The summed E-state index contributed by atoms with van der Waals surface area (Å²) < 4.78 is 92.4. The second-order valence-corrected chi connectivity index (χ2v) is 6.72. The molecule has 1 heterocycles. The van der Waals surface area contributed by atoms with E-state index < -0.39 is 52.4 Å². The van der Waals surface area contributed by atoms with E-state index in [0.717, 1.165) is 12.1 Å². The average Bonchev–Trinajstić information content (AvgIpc) is 2.59. The molecule has 0 bridgehead atoms. The molecule has 0 radical (unpaired) electrons. The van der Waals surface area contributed by atoms with Crippen LogP contribution in [0.5, 0.6) is 0 Å². The molecule has 0 atom stereocenters. The average molecular weight is 442 g/mol. The Morgan fingerprint density at radius 2 is 1.86 bits per heavy atom. The standard InChI is InChI=1S/C16H13F7N4OS/c1-7-3-9(17)10(4-11(7)29-6-15(18,19)20)27-13(28)8(5-24)12(25-2)26-14(27)16(21,22)23/h3-5,24-25H,6H2,1-2H3. The van der Waals surface area contributed by atoms with Crippen LogP contribution in [0.3, 0.4) is 0 Å². The summed E-state index contributed by atoms with van der Waals surface area (Å²) in [7, 11) is 1.18. The van der Waals surface area contributed by atoms with Gasteiger partial charge in [0.15, 0.2) is 0 Å². The van der Waals surface area contributed by atoms with Crippen LogP contribution in [-0.2, 0) is 6.18 Å². The van der Waals surface area contributed by atoms with E-state index in [2.05, 4.69) is 10.3 Å². The van der Waals surface area contributed by atoms with E-state index in [1.807, 2.05) is 0 Å². The van der Waals surface area contributed by atoms with Gasteiger partial charge in [-0.2, -0.15) is 26.3 Å². The first-order valence-corrected chi connectivity index (χ1v) is 8.71. The molecule has 0 fully saturated rings. The number of alkyl halides is 6. The Labute approximate surface area is 163 Å². The molecule has 2 N–H and O–H groups in total. The third kappa shape index (κ3) is 4.89. The minimum atomic E-state index is -5.19. The zero-order chi connectivity index (χ0) is 22.1. The number of nitrogens with one attached hydrogen (secondary N) is 2. The van der Waals surface area contributed by atoms with Gasteiger partial charge in [-0.05, 0) is 24.6 Å². The van der Waals surface area contributed by atoms with Crippen molar-refractivity contribution in [2.45, 2.75) is 24.2 Å². The quantitative estimate of drug-likeness (QED) is 0.409. The number of hydrogen-bond acceptors (Lipinski definition) is 5. The van der Waals surface area contributed by atoms with E-state index >= 15 is 0 Å². The maximum atomic E-state index is 14.5. The molecular formula is C16H13F7N4OS. The van der Waals surface area contributed by atoms with E-state index in [0.29, 0.717) is 6.21 Å². The summed E-state index contributed by atoms with van der Waals surface area (Å²) in [6.45, 7) is 1.28. The third-order valence-corrected chi connectivity index (χ3v) is 4.85. The molecule has 0 saturated heterocycles. The summed E-state index contributed by atoms with van der Waals surface area (Å²) in [4.78, 5) is 15.7. The molecule has 0 amide bonds. The molecule has 0 aliphatic rings. The monoisotopic (exact) mass is 442 g/mol. The van der Waals surface area contributed by atoms with E-state index in [-0.39, 0.29) is 26.8 Å². The van der Waals surface area contributed by atoms with Crippen LogP contribution in [0.1, 0.15) is 17.0 Å². The zero-order valence-corrected chi connectivity index (χ0v) is 15.6. The summed E-state index contributed by atoms with van der Waals surface area (Å²) in [6, 6.07) is 1.46. The summed E-state index contributed by atoms with van der Waals surface area (Å²) in [5.74, 6) is -4.95. The number of thioether (sulfide) groups is 1. The van der Waals surface area contributed by atoms with Gasteiger partial charge in [-0.15, -0.1) is 11.8 Å². The van der Waals surface area contributed by atoms with E-state index in [1.54, 1.807) is 0 Å². The fraction of sp³-hybridized carbons (Fsp3) is 0.312. The Balaban J connectivity index is 2.82. The highest BCUT2D eigenvalue weighted by atomic mass is 32.2. The van der Waals surface area contributed by atoms with Crippen molar-refractivity contribution in [3.05, 3.63) is 45.3 Å². The zero-order valence-electron chi connectivity index (χ0n) is 14.8. The Morgan fingerprint density at radius 1 is 1.24 bits per heavy atom. The van der Waals surface area contributed by atoms with Crippen LogP contribution in [0, 0.1) is 18.2 Å². The Hall–Kier alpha value is -2.57. The summed E-state index contributed by atoms with van der Waals surface area (Å²) in [5, 5.41) is 9.51. The van der Waals surface area contributed by atoms with Gasteiger partial charge >= 0.3 is 12.4 Å². The maximum absolute atomic E-state index is 14.5. The van der Waals surface area contributed by atoms with Crippen molar-refractivity contribution in [2.24, 2.45) is 0 Å². The van der Waals surface area contributed by atoms with Crippen LogP contribution in [0.15, 0.2) is 21.8 Å². The van der Waals surface area contributed by atoms with Gasteiger partial charge < -0.3 is 10.7 Å². The second kappa shape index (κ2) is 8.05. The lowest BCUT2D eigenvalue weighted by molar-refractivity contribution is -0.146. The van der Waals surface area contributed by atoms with Gasteiger partial charge in [0.2, 0.25) is 5.82 Å². The van der Waals surface area contributed by atoms with Crippen LogP contribution in [0.2, 0.25) is 0 Å². The first-order valence-electron chi connectivity index (χ1n) is 7.72. The summed E-state index contributed by atoms with van der Waals surface area (Å²) in [5.41, 5.74) is -2.85. The molecule has 29 heavy (non-hydrogen) atoms. The van der Waals surface area contributed by atoms with Gasteiger partial charge in [0.1, 0.15) is 17.2 Å². The Kier molecular flexibility index (Phi) is 6.30. The molecule has 158 valence electrons. The number of nitrogens with zero attached hydrogens (tertiary/aromatic N) is 2. The molecule has 5 nitrogen and oxygen atoms in total. The fourth-order valence-electron chi connectivity index (χ4n) is 2.40. The molecular weight excluding hydrogens is 429 g/mol. The highest BCUT2D eigenvalue weighted by Gasteiger charge is 2.39. The smallest absolute Gasteiger partial charge is 0.372 e. The minimum Gasteiger partial charge on any atom is -0.372 e. The molecule has 1 aromatic carbocycles. The summed E-state index contributed by atoms with van der Waals surface area (Å²) >= 11 is 0.242. The largest absolute Gasteiger partial charge is 0.450 e. The molecule has 2 rings (SSSR count). The van der Waals surface area contributed by atoms with E-state index in [1.165, 1.54) is 14.0 Å². The second-order valence-electron chi connectivity index (χ2n) is 5.70. The number of anilines is 1. The third-order valence-electron chi connectivity index (χ3n) is 3.63. The van der Waals surface area contributed by atoms with Gasteiger partial charge in [-0.3, -0.25) is 9.36 Å². The molecule has 13 heteroatoms.